The Hall–Kier alpha value is -1.02. The smallest absolute Gasteiger partial charge is 0.119 e. The van der Waals surface area contributed by atoms with Gasteiger partial charge in [0.05, 0.1) is 0 Å². The summed E-state index contributed by atoms with van der Waals surface area (Å²) in [6.45, 7) is 2.11. The standard InChI is InChI=1S/C11H15NO/c1-2-5-10(6-3-1)13-11-7-4-8-12-9-11/h1-3,5-6,11-12H,4,7-9H2/t11-/m1/s1. The largest absolute Gasteiger partial charge is 0.489 e. The van der Waals surface area contributed by atoms with E-state index in [2.05, 4.69) is 5.32 Å². The lowest BCUT2D eigenvalue weighted by atomic mass is 10.1. The number of para-hydroxylation sites is 1. The Balaban J connectivity index is 1.90. The molecule has 0 saturated carbocycles. The van der Waals surface area contributed by atoms with E-state index in [1.165, 1.54) is 12.8 Å². The number of benzene rings is 1. The summed E-state index contributed by atoms with van der Waals surface area (Å²) in [5.41, 5.74) is 0. The summed E-state index contributed by atoms with van der Waals surface area (Å²) in [5, 5.41) is 3.33. The van der Waals surface area contributed by atoms with Crippen molar-refractivity contribution in [1.29, 1.82) is 0 Å². The highest BCUT2D eigenvalue weighted by Crippen LogP contribution is 2.14. The van der Waals surface area contributed by atoms with Crippen LogP contribution >= 0.6 is 0 Å². The Kier molecular flexibility index (Phi) is 2.82. The fourth-order valence-electron chi connectivity index (χ4n) is 1.61. The van der Waals surface area contributed by atoms with E-state index in [0.717, 1.165) is 18.8 Å². The zero-order chi connectivity index (χ0) is 8.93. The fourth-order valence-corrected chi connectivity index (χ4v) is 1.61. The molecule has 1 atom stereocenters. The quantitative estimate of drug-likeness (QED) is 0.744. The Morgan fingerprint density at radius 1 is 1.23 bits per heavy atom. The lowest BCUT2D eigenvalue weighted by Crippen LogP contribution is -2.37. The molecule has 1 N–H and O–H groups in total. The van der Waals surface area contributed by atoms with E-state index >= 15 is 0 Å². The van der Waals surface area contributed by atoms with Crippen LogP contribution in [0.3, 0.4) is 0 Å². The van der Waals surface area contributed by atoms with Crippen LogP contribution in [0.2, 0.25) is 0 Å². The maximum atomic E-state index is 5.79. The molecule has 1 aliphatic rings. The number of nitrogens with one attached hydrogen (secondary N) is 1. The average molecular weight is 177 g/mol. The molecule has 2 rings (SSSR count). The van der Waals surface area contributed by atoms with Gasteiger partial charge in [0.2, 0.25) is 0 Å². The predicted molar refractivity (Wildman–Crippen MR) is 53.0 cm³/mol. The van der Waals surface area contributed by atoms with Crippen LogP contribution in [0, 0.1) is 0 Å². The molecule has 0 amide bonds. The molecule has 2 heteroatoms. The molecule has 0 spiro atoms. The molecular weight excluding hydrogens is 162 g/mol. The molecule has 1 saturated heterocycles. The van der Waals surface area contributed by atoms with Crippen molar-refractivity contribution in [2.75, 3.05) is 13.1 Å². The predicted octanol–water partition coefficient (Wildman–Crippen LogP) is 1.82. The molecule has 1 aromatic carbocycles. The monoisotopic (exact) mass is 177 g/mol. The van der Waals surface area contributed by atoms with Gasteiger partial charge in [-0.3, -0.25) is 0 Å². The molecule has 0 unspecified atom stereocenters. The Bertz CT molecular complexity index is 242. The first-order chi connectivity index (χ1) is 6.45. The highest BCUT2D eigenvalue weighted by molar-refractivity contribution is 5.21. The maximum absolute atomic E-state index is 5.79. The van der Waals surface area contributed by atoms with E-state index < -0.39 is 0 Å². The van der Waals surface area contributed by atoms with Gasteiger partial charge in [0, 0.05) is 6.54 Å². The molecule has 1 fully saturated rings. The number of ether oxygens (including phenoxy) is 1. The van der Waals surface area contributed by atoms with E-state index in [1.807, 2.05) is 30.3 Å². The first-order valence-electron chi connectivity index (χ1n) is 4.87. The molecule has 1 aromatic rings. The summed E-state index contributed by atoms with van der Waals surface area (Å²) in [6, 6.07) is 10.0. The van der Waals surface area contributed by atoms with Crippen molar-refractivity contribution in [2.24, 2.45) is 0 Å². The van der Waals surface area contributed by atoms with Crippen molar-refractivity contribution in [1.82, 2.24) is 5.32 Å². The van der Waals surface area contributed by atoms with Gasteiger partial charge in [0.15, 0.2) is 0 Å². The third-order valence-electron chi connectivity index (χ3n) is 2.30. The second-order valence-corrected chi connectivity index (χ2v) is 3.40. The Labute approximate surface area is 78.9 Å². The van der Waals surface area contributed by atoms with Crippen molar-refractivity contribution in [2.45, 2.75) is 18.9 Å². The molecule has 0 radical (unpaired) electrons. The van der Waals surface area contributed by atoms with E-state index in [9.17, 15) is 0 Å². The van der Waals surface area contributed by atoms with Gasteiger partial charge in [-0.05, 0) is 31.5 Å². The Morgan fingerprint density at radius 2 is 2.08 bits per heavy atom. The maximum Gasteiger partial charge on any atom is 0.119 e. The van der Waals surface area contributed by atoms with Gasteiger partial charge in [-0.1, -0.05) is 18.2 Å². The van der Waals surface area contributed by atoms with Crippen LogP contribution in [0.15, 0.2) is 30.3 Å². The van der Waals surface area contributed by atoms with Gasteiger partial charge >= 0.3 is 0 Å². The lowest BCUT2D eigenvalue weighted by molar-refractivity contribution is 0.167. The molecule has 1 aliphatic heterocycles. The second kappa shape index (κ2) is 4.28. The number of hydrogen-bond donors (Lipinski definition) is 1. The van der Waals surface area contributed by atoms with Gasteiger partial charge in [-0.25, -0.2) is 0 Å². The highest BCUT2D eigenvalue weighted by atomic mass is 16.5. The van der Waals surface area contributed by atoms with Gasteiger partial charge in [-0.2, -0.15) is 0 Å². The van der Waals surface area contributed by atoms with Crippen molar-refractivity contribution in [3.63, 3.8) is 0 Å². The van der Waals surface area contributed by atoms with E-state index in [1.54, 1.807) is 0 Å². The summed E-state index contributed by atoms with van der Waals surface area (Å²) in [5.74, 6) is 0.983. The normalized spacial score (nSPS) is 22.6. The Morgan fingerprint density at radius 3 is 2.77 bits per heavy atom. The van der Waals surface area contributed by atoms with Crippen LogP contribution < -0.4 is 10.1 Å². The van der Waals surface area contributed by atoms with Crippen LogP contribution in [0.1, 0.15) is 12.8 Å². The minimum absolute atomic E-state index is 0.358. The first-order valence-corrected chi connectivity index (χ1v) is 4.87. The minimum atomic E-state index is 0.358. The molecule has 0 aliphatic carbocycles. The van der Waals surface area contributed by atoms with Crippen LogP contribution in [0.4, 0.5) is 0 Å². The van der Waals surface area contributed by atoms with Gasteiger partial charge < -0.3 is 10.1 Å². The summed E-state index contributed by atoms with van der Waals surface area (Å²) in [4.78, 5) is 0. The molecule has 2 nitrogen and oxygen atoms in total. The fraction of sp³-hybridized carbons (Fsp3) is 0.455. The van der Waals surface area contributed by atoms with Crippen molar-refractivity contribution in [3.05, 3.63) is 30.3 Å². The second-order valence-electron chi connectivity index (χ2n) is 3.40. The summed E-state index contributed by atoms with van der Waals surface area (Å²) in [6.07, 6.45) is 2.75. The van der Waals surface area contributed by atoms with Crippen LogP contribution in [0.25, 0.3) is 0 Å². The van der Waals surface area contributed by atoms with Gasteiger partial charge in [0.25, 0.3) is 0 Å². The minimum Gasteiger partial charge on any atom is -0.489 e. The van der Waals surface area contributed by atoms with Crippen LogP contribution in [0.5, 0.6) is 5.75 Å². The number of rotatable bonds is 2. The zero-order valence-corrected chi connectivity index (χ0v) is 7.70. The average Bonchev–Trinajstić information content (AvgIpc) is 2.21. The molecule has 13 heavy (non-hydrogen) atoms. The van der Waals surface area contributed by atoms with E-state index in [4.69, 9.17) is 4.74 Å². The summed E-state index contributed by atoms with van der Waals surface area (Å²) >= 11 is 0. The topological polar surface area (TPSA) is 21.3 Å². The SMILES string of the molecule is c1ccc(O[C@@H]2CCCNC2)cc1. The molecular formula is C11H15NO. The van der Waals surface area contributed by atoms with Crippen molar-refractivity contribution in [3.8, 4) is 5.75 Å². The van der Waals surface area contributed by atoms with Crippen LogP contribution in [-0.4, -0.2) is 19.2 Å². The lowest BCUT2D eigenvalue weighted by Gasteiger charge is -2.23. The number of piperidine rings is 1. The highest BCUT2D eigenvalue weighted by Gasteiger charge is 2.13. The third kappa shape index (κ3) is 2.46. The van der Waals surface area contributed by atoms with E-state index in [0.29, 0.717) is 6.10 Å². The zero-order valence-electron chi connectivity index (χ0n) is 7.70. The molecule has 70 valence electrons. The molecule has 1 heterocycles. The number of hydrogen-bond acceptors (Lipinski definition) is 2. The molecule has 0 bridgehead atoms. The van der Waals surface area contributed by atoms with E-state index in [-0.39, 0.29) is 0 Å². The molecule has 0 aromatic heterocycles. The first kappa shape index (κ1) is 8.57. The van der Waals surface area contributed by atoms with Crippen molar-refractivity contribution < 1.29 is 4.74 Å². The third-order valence-corrected chi connectivity index (χ3v) is 2.30. The summed E-state index contributed by atoms with van der Waals surface area (Å²) in [7, 11) is 0. The van der Waals surface area contributed by atoms with Gasteiger partial charge in [-0.15, -0.1) is 0 Å². The van der Waals surface area contributed by atoms with Crippen molar-refractivity contribution >= 4 is 0 Å². The summed E-state index contributed by atoms with van der Waals surface area (Å²) < 4.78 is 5.79. The van der Waals surface area contributed by atoms with Gasteiger partial charge in [0.1, 0.15) is 11.9 Å². The van der Waals surface area contributed by atoms with Crippen LogP contribution in [-0.2, 0) is 0 Å².